The zero-order valence-corrected chi connectivity index (χ0v) is 13.9. The number of hydrogen-bond acceptors (Lipinski definition) is 6. The number of hydrogen-bond donors (Lipinski definition) is 1. The average molecular weight is 338 g/mol. The van der Waals surface area contributed by atoms with E-state index < -0.39 is 4.92 Å². The van der Waals surface area contributed by atoms with Crippen LogP contribution in [0.1, 0.15) is 39.5 Å². The maximum Gasteiger partial charge on any atom is 0.305 e. The molecule has 24 heavy (non-hydrogen) atoms. The van der Waals surface area contributed by atoms with Crippen molar-refractivity contribution in [1.82, 2.24) is 0 Å². The van der Waals surface area contributed by atoms with Gasteiger partial charge >= 0.3 is 5.97 Å². The average Bonchev–Trinajstić information content (AvgIpc) is 2.51. The first-order valence-corrected chi connectivity index (χ1v) is 7.78. The number of carbonyl (C=O) groups excluding carboxylic acids is 2. The topological polar surface area (TPSA) is 108 Å². The number of nitrogens with zero attached hydrogens (tertiary/aromatic N) is 1. The van der Waals surface area contributed by atoms with Crippen LogP contribution >= 0.6 is 0 Å². The number of ether oxygens (including phenoxy) is 2. The van der Waals surface area contributed by atoms with Crippen LogP contribution < -0.4 is 10.1 Å². The number of benzene rings is 1. The van der Waals surface area contributed by atoms with Gasteiger partial charge in [0.25, 0.3) is 5.69 Å². The van der Waals surface area contributed by atoms with E-state index in [0.29, 0.717) is 31.8 Å². The third-order valence-corrected chi connectivity index (χ3v) is 3.08. The highest BCUT2D eigenvalue weighted by molar-refractivity contribution is 5.91. The first kappa shape index (κ1) is 19.4. The van der Waals surface area contributed by atoms with Crippen molar-refractivity contribution in [2.24, 2.45) is 0 Å². The smallest absolute Gasteiger partial charge is 0.305 e. The molecule has 1 rings (SSSR count). The molecule has 8 heteroatoms. The molecule has 8 nitrogen and oxygen atoms in total. The van der Waals surface area contributed by atoms with Crippen LogP contribution in [0.15, 0.2) is 18.2 Å². The monoisotopic (exact) mass is 338 g/mol. The second-order valence-electron chi connectivity index (χ2n) is 5.08. The Morgan fingerprint density at radius 3 is 2.62 bits per heavy atom. The third kappa shape index (κ3) is 7.08. The Bertz CT molecular complexity index is 588. The largest absolute Gasteiger partial charge is 0.493 e. The zero-order valence-electron chi connectivity index (χ0n) is 13.9. The summed E-state index contributed by atoms with van der Waals surface area (Å²) in [7, 11) is 0. The van der Waals surface area contributed by atoms with Gasteiger partial charge in [-0.15, -0.1) is 0 Å². The summed E-state index contributed by atoms with van der Waals surface area (Å²) in [5, 5.41) is 13.4. The Morgan fingerprint density at radius 2 is 2.00 bits per heavy atom. The molecule has 0 aromatic heterocycles. The molecule has 0 spiro atoms. The molecule has 0 radical (unpaired) electrons. The van der Waals surface area contributed by atoms with E-state index in [9.17, 15) is 19.7 Å². The minimum Gasteiger partial charge on any atom is -0.493 e. The number of rotatable bonds is 10. The summed E-state index contributed by atoms with van der Waals surface area (Å²) in [5.41, 5.74) is -0.0840. The summed E-state index contributed by atoms with van der Waals surface area (Å²) in [6, 6.07) is 4.29. The quantitative estimate of drug-likeness (QED) is 0.304. The number of nitro groups is 1. The normalized spacial score (nSPS) is 10.1. The Hall–Kier alpha value is -2.64. The number of anilines is 1. The van der Waals surface area contributed by atoms with Gasteiger partial charge in [-0.2, -0.15) is 0 Å². The fourth-order valence-corrected chi connectivity index (χ4v) is 2.02. The molecule has 1 amide bonds. The van der Waals surface area contributed by atoms with Crippen molar-refractivity contribution in [3.05, 3.63) is 28.3 Å². The second kappa shape index (κ2) is 10.2. The first-order chi connectivity index (χ1) is 11.4. The van der Waals surface area contributed by atoms with Gasteiger partial charge in [0.05, 0.1) is 24.2 Å². The molecule has 1 N–H and O–H groups in total. The van der Waals surface area contributed by atoms with Gasteiger partial charge in [0, 0.05) is 13.3 Å². The molecular weight excluding hydrogens is 316 g/mol. The SMILES string of the molecule is CCOC(=O)CCCCCOc1ccc(NC(C)=O)c([N+](=O)[O-])c1. The van der Waals surface area contributed by atoms with Crippen molar-refractivity contribution in [2.45, 2.75) is 39.5 Å². The molecule has 0 heterocycles. The van der Waals surface area contributed by atoms with Crippen molar-refractivity contribution in [1.29, 1.82) is 0 Å². The summed E-state index contributed by atoms with van der Waals surface area (Å²) in [6.45, 7) is 3.82. The van der Waals surface area contributed by atoms with Crippen molar-refractivity contribution >= 4 is 23.3 Å². The molecule has 132 valence electrons. The number of nitrogens with one attached hydrogen (secondary N) is 1. The lowest BCUT2D eigenvalue weighted by molar-refractivity contribution is -0.384. The molecule has 0 aliphatic carbocycles. The summed E-state index contributed by atoms with van der Waals surface area (Å²) in [6.07, 6.45) is 2.61. The highest BCUT2D eigenvalue weighted by atomic mass is 16.6. The van der Waals surface area contributed by atoms with E-state index in [1.165, 1.54) is 19.1 Å². The standard InChI is InChI=1S/C16H22N2O6/c1-3-23-16(20)7-5-4-6-10-24-13-8-9-14(17-12(2)19)15(11-13)18(21)22/h8-9,11H,3-7,10H2,1-2H3,(H,17,19). The highest BCUT2D eigenvalue weighted by Gasteiger charge is 2.16. The molecule has 0 aliphatic heterocycles. The van der Waals surface area contributed by atoms with Gasteiger partial charge in [0.1, 0.15) is 11.4 Å². The lowest BCUT2D eigenvalue weighted by Gasteiger charge is -2.08. The van der Waals surface area contributed by atoms with Gasteiger partial charge in [0.2, 0.25) is 5.91 Å². The minimum absolute atomic E-state index is 0.134. The van der Waals surface area contributed by atoms with Gasteiger partial charge in [-0.05, 0) is 38.3 Å². The number of amides is 1. The van der Waals surface area contributed by atoms with Crippen molar-refractivity contribution in [3.8, 4) is 5.75 Å². The van der Waals surface area contributed by atoms with Crippen LogP contribution in [0.2, 0.25) is 0 Å². The molecule has 0 saturated carbocycles. The first-order valence-electron chi connectivity index (χ1n) is 7.78. The summed E-state index contributed by atoms with van der Waals surface area (Å²) >= 11 is 0. The Morgan fingerprint density at radius 1 is 1.25 bits per heavy atom. The number of unbranched alkanes of at least 4 members (excludes halogenated alkanes) is 2. The molecular formula is C16H22N2O6. The Kier molecular flexibility index (Phi) is 8.24. The Labute approximate surface area is 140 Å². The van der Waals surface area contributed by atoms with E-state index in [1.807, 2.05) is 0 Å². The minimum atomic E-state index is -0.572. The number of carbonyl (C=O) groups is 2. The van der Waals surface area contributed by atoms with Crippen molar-refractivity contribution < 1.29 is 24.0 Å². The molecule has 1 aromatic rings. The van der Waals surface area contributed by atoms with Crippen molar-refractivity contribution in [2.75, 3.05) is 18.5 Å². The van der Waals surface area contributed by atoms with Crippen LogP contribution in [-0.2, 0) is 14.3 Å². The lowest BCUT2D eigenvalue weighted by Crippen LogP contribution is -2.08. The van der Waals surface area contributed by atoms with E-state index >= 15 is 0 Å². The predicted octanol–water partition coefficient (Wildman–Crippen LogP) is 3.06. The summed E-state index contributed by atoms with van der Waals surface area (Å²) in [5.74, 6) is -0.225. The van der Waals surface area contributed by atoms with Crippen LogP contribution in [0.4, 0.5) is 11.4 Å². The molecule has 0 unspecified atom stereocenters. The van der Waals surface area contributed by atoms with E-state index in [-0.39, 0.29) is 23.3 Å². The van der Waals surface area contributed by atoms with E-state index in [0.717, 1.165) is 12.8 Å². The molecule has 0 fully saturated rings. The van der Waals surface area contributed by atoms with Crippen LogP contribution in [0, 0.1) is 10.1 Å². The lowest BCUT2D eigenvalue weighted by atomic mass is 10.2. The van der Waals surface area contributed by atoms with Gasteiger partial charge < -0.3 is 14.8 Å². The van der Waals surface area contributed by atoms with Gasteiger partial charge in [-0.25, -0.2) is 0 Å². The zero-order chi connectivity index (χ0) is 17.9. The number of esters is 1. The summed E-state index contributed by atoms with van der Waals surface area (Å²) in [4.78, 5) is 32.7. The molecule has 0 atom stereocenters. The third-order valence-electron chi connectivity index (χ3n) is 3.08. The van der Waals surface area contributed by atoms with Crippen LogP contribution in [0.5, 0.6) is 5.75 Å². The fourth-order valence-electron chi connectivity index (χ4n) is 2.02. The highest BCUT2D eigenvalue weighted by Crippen LogP contribution is 2.29. The fraction of sp³-hybridized carbons (Fsp3) is 0.500. The maximum atomic E-state index is 11.2. The van der Waals surface area contributed by atoms with Gasteiger partial charge in [-0.1, -0.05) is 0 Å². The van der Waals surface area contributed by atoms with E-state index in [1.54, 1.807) is 13.0 Å². The predicted molar refractivity (Wildman–Crippen MR) is 88.0 cm³/mol. The molecule has 0 aliphatic rings. The van der Waals surface area contributed by atoms with E-state index in [2.05, 4.69) is 5.32 Å². The van der Waals surface area contributed by atoms with Crippen molar-refractivity contribution in [3.63, 3.8) is 0 Å². The second-order valence-corrected chi connectivity index (χ2v) is 5.08. The molecule has 0 bridgehead atoms. The molecule has 0 saturated heterocycles. The number of nitro benzene ring substituents is 1. The van der Waals surface area contributed by atoms with Gasteiger partial charge in [-0.3, -0.25) is 19.7 Å². The van der Waals surface area contributed by atoms with Crippen LogP contribution in [0.25, 0.3) is 0 Å². The van der Waals surface area contributed by atoms with Gasteiger partial charge in [0.15, 0.2) is 0 Å². The van der Waals surface area contributed by atoms with Crippen LogP contribution in [-0.4, -0.2) is 30.0 Å². The molecule has 1 aromatic carbocycles. The van der Waals surface area contributed by atoms with E-state index in [4.69, 9.17) is 9.47 Å². The summed E-state index contributed by atoms with van der Waals surface area (Å²) < 4.78 is 10.3. The maximum absolute atomic E-state index is 11.2. The van der Waals surface area contributed by atoms with Crippen LogP contribution in [0.3, 0.4) is 0 Å². The Balaban J connectivity index is 2.43.